The number of aliphatic carboxylic acids is 1. The minimum atomic E-state index is -1.18. The number of benzene rings is 1. The standard InChI is InChI=1S/C15H20O5/c1-2-3-4-5-6-11(14(17)18)13-9-10(16)7-8-12(13)15(19)20/h7-9,11,16H,2-6H2,1H3,(H,17,18)(H,19,20). The van der Waals surface area contributed by atoms with Gasteiger partial charge < -0.3 is 15.3 Å². The zero-order valence-electron chi connectivity index (χ0n) is 11.5. The molecule has 0 spiro atoms. The molecule has 3 N–H and O–H groups in total. The fourth-order valence-electron chi connectivity index (χ4n) is 2.22. The van der Waals surface area contributed by atoms with Gasteiger partial charge in [0.15, 0.2) is 0 Å². The summed E-state index contributed by atoms with van der Waals surface area (Å²) in [6.07, 6.45) is 4.09. The predicted octanol–water partition coefficient (Wildman–Crippen LogP) is 3.23. The molecule has 0 saturated heterocycles. The van der Waals surface area contributed by atoms with E-state index in [-0.39, 0.29) is 16.9 Å². The molecule has 1 unspecified atom stereocenters. The zero-order valence-corrected chi connectivity index (χ0v) is 11.5. The van der Waals surface area contributed by atoms with Crippen LogP contribution < -0.4 is 0 Å². The fraction of sp³-hybridized carbons (Fsp3) is 0.467. The van der Waals surface area contributed by atoms with Crippen molar-refractivity contribution in [2.24, 2.45) is 0 Å². The van der Waals surface area contributed by atoms with E-state index in [0.717, 1.165) is 25.7 Å². The molecular formula is C15H20O5. The largest absolute Gasteiger partial charge is 0.508 e. The van der Waals surface area contributed by atoms with Crippen molar-refractivity contribution in [2.75, 3.05) is 0 Å². The summed E-state index contributed by atoms with van der Waals surface area (Å²) in [5.41, 5.74) is 0.104. The molecule has 0 amide bonds. The maximum atomic E-state index is 11.4. The van der Waals surface area contributed by atoms with Gasteiger partial charge in [-0.1, -0.05) is 32.6 Å². The molecular weight excluding hydrogens is 260 g/mol. The lowest BCUT2D eigenvalue weighted by Crippen LogP contribution is -2.15. The van der Waals surface area contributed by atoms with Gasteiger partial charge in [0, 0.05) is 0 Å². The van der Waals surface area contributed by atoms with Crippen LogP contribution in [0.25, 0.3) is 0 Å². The van der Waals surface area contributed by atoms with Gasteiger partial charge in [0.2, 0.25) is 0 Å². The van der Waals surface area contributed by atoms with Gasteiger partial charge in [0.05, 0.1) is 11.5 Å². The first-order valence-corrected chi connectivity index (χ1v) is 6.76. The molecule has 20 heavy (non-hydrogen) atoms. The van der Waals surface area contributed by atoms with Crippen molar-refractivity contribution in [3.8, 4) is 5.75 Å². The van der Waals surface area contributed by atoms with E-state index in [4.69, 9.17) is 5.11 Å². The van der Waals surface area contributed by atoms with E-state index < -0.39 is 17.9 Å². The number of rotatable bonds is 8. The topological polar surface area (TPSA) is 94.8 Å². The number of aromatic carboxylic acids is 1. The lowest BCUT2D eigenvalue weighted by atomic mass is 9.89. The molecule has 0 fully saturated rings. The third-order valence-corrected chi connectivity index (χ3v) is 3.29. The summed E-state index contributed by atoms with van der Waals surface area (Å²) in [6, 6.07) is 3.74. The third-order valence-electron chi connectivity index (χ3n) is 3.29. The second kappa shape index (κ2) is 7.53. The number of phenolic OH excluding ortho intramolecular Hbond substituents is 1. The van der Waals surface area contributed by atoms with E-state index >= 15 is 0 Å². The molecule has 0 aromatic heterocycles. The number of carbonyl (C=O) groups is 2. The van der Waals surface area contributed by atoms with Gasteiger partial charge in [0.25, 0.3) is 0 Å². The van der Waals surface area contributed by atoms with Gasteiger partial charge in [0.1, 0.15) is 5.75 Å². The third kappa shape index (κ3) is 4.26. The van der Waals surface area contributed by atoms with Crippen molar-refractivity contribution in [2.45, 2.75) is 44.9 Å². The van der Waals surface area contributed by atoms with Crippen LogP contribution >= 0.6 is 0 Å². The van der Waals surface area contributed by atoms with Crippen LogP contribution in [0.5, 0.6) is 5.75 Å². The molecule has 0 radical (unpaired) electrons. The Morgan fingerprint density at radius 1 is 1.15 bits per heavy atom. The van der Waals surface area contributed by atoms with Crippen LogP contribution in [-0.2, 0) is 4.79 Å². The summed E-state index contributed by atoms with van der Waals surface area (Å²) in [5, 5.41) is 27.9. The highest BCUT2D eigenvalue weighted by atomic mass is 16.4. The quantitative estimate of drug-likeness (QED) is 0.635. The van der Waals surface area contributed by atoms with Crippen molar-refractivity contribution in [3.05, 3.63) is 29.3 Å². The number of phenols is 1. The number of carboxylic acid groups (broad SMARTS) is 2. The van der Waals surface area contributed by atoms with Crippen LogP contribution in [-0.4, -0.2) is 27.3 Å². The van der Waals surface area contributed by atoms with E-state index in [2.05, 4.69) is 6.92 Å². The lowest BCUT2D eigenvalue weighted by molar-refractivity contribution is -0.139. The Morgan fingerprint density at radius 2 is 1.85 bits per heavy atom. The molecule has 110 valence electrons. The molecule has 0 heterocycles. The predicted molar refractivity (Wildman–Crippen MR) is 74.2 cm³/mol. The Bertz CT molecular complexity index is 481. The number of aromatic hydroxyl groups is 1. The van der Waals surface area contributed by atoms with Crippen LogP contribution in [0.1, 0.15) is 60.9 Å². The monoisotopic (exact) mass is 280 g/mol. The summed E-state index contributed by atoms with van der Waals surface area (Å²) in [6.45, 7) is 2.06. The minimum absolute atomic E-state index is 0.0642. The van der Waals surface area contributed by atoms with Gasteiger partial charge >= 0.3 is 11.9 Å². The summed E-state index contributed by atoms with van der Waals surface area (Å²) in [4.78, 5) is 22.5. The highest BCUT2D eigenvalue weighted by Gasteiger charge is 2.25. The Labute approximate surface area is 117 Å². The van der Waals surface area contributed by atoms with Crippen molar-refractivity contribution in [1.82, 2.24) is 0 Å². The van der Waals surface area contributed by atoms with E-state index in [1.165, 1.54) is 18.2 Å². The summed E-state index contributed by atoms with van der Waals surface area (Å²) in [5.74, 6) is -3.26. The van der Waals surface area contributed by atoms with Crippen LogP contribution in [0.15, 0.2) is 18.2 Å². The highest BCUT2D eigenvalue weighted by molar-refractivity contribution is 5.92. The smallest absolute Gasteiger partial charge is 0.335 e. The SMILES string of the molecule is CCCCCCC(C(=O)O)c1cc(O)ccc1C(=O)O. The highest BCUT2D eigenvalue weighted by Crippen LogP contribution is 2.29. The average Bonchev–Trinajstić information content (AvgIpc) is 2.37. The first-order valence-electron chi connectivity index (χ1n) is 6.76. The molecule has 0 saturated carbocycles. The summed E-state index contributed by atoms with van der Waals surface area (Å²) < 4.78 is 0. The van der Waals surface area contributed by atoms with Crippen molar-refractivity contribution in [1.29, 1.82) is 0 Å². The van der Waals surface area contributed by atoms with E-state index in [9.17, 15) is 19.8 Å². The summed E-state index contributed by atoms with van der Waals surface area (Å²) in [7, 11) is 0. The molecule has 0 aliphatic carbocycles. The normalized spacial score (nSPS) is 12.1. The van der Waals surface area contributed by atoms with Gasteiger partial charge in [-0.05, 0) is 30.2 Å². The van der Waals surface area contributed by atoms with Crippen molar-refractivity contribution in [3.63, 3.8) is 0 Å². The zero-order chi connectivity index (χ0) is 15.1. The number of hydrogen-bond donors (Lipinski definition) is 3. The molecule has 1 aromatic carbocycles. The van der Waals surface area contributed by atoms with Crippen LogP contribution in [0.2, 0.25) is 0 Å². The number of carboxylic acids is 2. The minimum Gasteiger partial charge on any atom is -0.508 e. The Morgan fingerprint density at radius 3 is 2.40 bits per heavy atom. The van der Waals surface area contributed by atoms with Gasteiger partial charge in [-0.3, -0.25) is 4.79 Å². The molecule has 1 rings (SSSR count). The van der Waals surface area contributed by atoms with Gasteiger partial charge in [-0.15, -0.1) is 0 Å². The van der Waals surface area contributed by atoms with Crippen LogP contribution in [0.4, 0.5) is 0 Å². The first kappa shape index (κ1) is 16.0. The Kier molecular flexibility index (Phi) is 6.03. The number of unbranched alkanes of at least 4 members (excludes halogenated alkanes) is 3. The second-order valence-electron chi connectivity index (χ2n) is 4.82. The van der Waals surface area contributed by atoms with Gasteiger partial charge in [-0.25, -0.2) is 4.79 Å². The molecule has 1 aromatic rings. The van der Waals surface area contributed by atoms with Gasteiger partial charge in [-0.2, -0.15) is 0 Å². The molecule has 5 nitrogen and oxygen atoms in total. The Hall–Kier alpha value is -2.04. The Balaban J connectivity index is 2.98. The van der Waals surface area contributed by atoms with Crippen LogP contribution in [0, 0.1) is 0 Å². The average molecular weight is 280 g/mol. The van der Waals surface area contributed by atoms with Crippen LogP contribution in [0.3, 0.4) is 0 Å². The molecule has 5 heteroatoms. The maximum Gasteiger partial charge on any atom is 0.335 e. The molecule has 0 aliphatic rings. The maximum absolute atomic E-state index is 11.4. The lowest BCUT2D eigenvalue weighted by Gasteiger charge is -2.15. The second-order valence-corrected chi connectivity index (χ2v) is 4.82. The van der Waals surface area contributed by atoms with E-state index in [1.54, 1.807) is 0 Å². The van der Waals surface area contributed by atoms with Crippen molar-refractivity contribution < 1.29 is 24.9 Å². The number of hydrogen-bond acceptors (Lipinski definition) is 3. The van der Waals surface area contributed by atoms with Crippen molar-refractivity contribution >= 4 is 11.9 Å². The van der Waals surface area contributed by atoms with E-state index in [0.29, 0.717) is 6.42 Å². The first-order chi connectivity index (χ1) is 9.47. The molecule has 0 bridgehead atoms. The van der Waals surface area contributed by atoms with E-state index in [1.807, 2.05) is 0 Å². The fourth-order valence-corrected chi connectivity index (χ4v) is 2.22. The summed E-state index contributed by atoms with van der Waals surface area (Å²) >= 11 is 0. The molecule has 0 aliphatic heterocycles. The molecule has 1 atom stereocenters.